The lowest BCUT2D eigenvalue weighted by atomic mass is 9.88. The lowest BCUT2D eigenvalue weighted by Crippen LogP contribution is -2.39. The second kappa shape index (κ2) is 6.47. The van der Waals surface area contributed by atoms with Crippen molar-refractivity contribution in [2.45, 2.75) is 32.2 Å². The predicted octanol–water partition coefficient (Wildman–Crippen LogP) is 2.63. The zero-order valence-electron chi connectivity index (χ0n) is 11.2. The van der Waals surface area contributed by atoms with Gasteiger partial charge in [0.05, 0.1) is 6.61 Å². The van der Waals surface area contributed by atoms with Crippen LogP contribution >= 0.6 is 0 Å². The summed E-state index contributed by atoms with van der Waals surface area (Å²) in [6, 6.07) is 8.83. The van der Waals surface area contributed by atoms with E-state index in [1.54, 1.807) is 0 Å². The van der Waals surface area contributed by atoms with E-state index in [4.69, 9.17) is 4.74 Å². The van der Waals surface area contributed by atoms with Gasteiger partial charge in [0.2, 0.25) is 0 Å². The molecule has 1 N–H and O–H groups in total. The zero-order chi connectivity index (χ0) is 12.8. The minimum absolute atomic E-state index is 0.485. The van der Waals surface area contributed by atoms with Gasteiger partial charge in [0.15, 0.2) is 0 Å². The number of hydrogen-bond acceptors (Lipinski definition) is 2. The predicted molar refractivity (Wildman–Crippen MR) is 74.7 cm³/mol. The second-order valence-corrected chi connectivity index (χ2v) is 4.74. The first-order chi connectivity index (χ1) is 8.85. The van der Waals surface area contributed by atoms with Crippen LogP contribution in [-0.4, -0.2) is 19.7 Å². The molecule has 0 amide bonds. The van der Waals surface area contributed by atoms with Crippen molar-refractivity contribution < 1.29 is 4.74 Å². The number of hydrogen-bond donors (Lipinski definition) is 1. The van der Waals surface area contributed by atoms with Crippen LogP contribution in [0.3, 0.4) is 0 Å². The first-order valence-corrected chi connectivity index (χ1v) is 6.62. The Bertz CT molecular complexity index is 444. The molecule has 0 radical (unpaired) electrons. The SMILES string of the molecule is CC#CCCC(NC)C1COc2ccccc2C1. The second-order valence-electron chi connectivity index (χ2n) is 4.74. The lowest BCUT2D eigenvalue weighted by Gasteiger charge is -2.31. The standard InChI is InChI=1S/C16H21NO/c1-3-4-5-9-15(17-2)14-11-13-8-6-7-10-16(13)18-12-14/h6-8,10,14-15,17H,5,9,11-12H2,1-2H3. The number of para-hydroxylation sites is 1. The van der Waals surface area contributed by atoms with E-state index >= 15 is 0 Å². The van der Waals surface area contributed by atoms with Crippen molar-refractivity contribution >= 4 is 0 Å². The van der Waals surface area contributed by atoms with E-state index in [1.807, 2.05) is 20.0 Å². The Morgan fingerprint density at radius 2 is 2.28 bits per heavy atom. The summed E-state index contributed by atoms with van der Waals surface area (Å²) in [7, 11) is 2.03. The molecule has 0 spiro atoms. The normalized spacial score (nSPS) is 19.1. The summed E-state index contributed by atoms with van der Waals surface area (Å²) in [6.07, 6.45) is 3.15. The molecule has 0 bridgehead atoms. The van der Waals surface area contributed by atoms with Crippen molar-refractivity contribution in [2.24, 2.45) is 5.92 Å². The molecule has 1 aromatic rings. The Labute approximate surface area is 110 Å². The number of fused-ring (bicyclic) bond motifs is 1. The third kappa shape index (κ3) is 3.05. The van der Waals surface area contributed by atoms with E-state index in [1.165, 1.54) is 5.56 Å². The molecule has 2 rings (SSSR count). The summed E-state index contributed by atoms with van der Waals surface area (Å²) in [5.74, 6) is 7.69. The summed E-state index contributed by atoms with van der Waals surface area (Å²) in [5.41, 5.74) is 1.33. The summed E-state index contributed by atoms with van der Waals surface area (Å²) in [5, 5.41) is 3.41. The van der Waals surface area contributed by atoms with Crippen LogP contribution in [0.1, 0.15) is 25.3 Å². The van der Waals surface area contributed by atoms with Crippen LogP contribution in [0.25, 0.3) is 0 Å². The average molecular weight is 243 g/mol. The van der Waals surface area contributed by atoms with E-state index in [-0.39, 0.29) is 0 Å². The molecular weight excluding hydrogens is 222 g/mol. The molecule has 2 unspecified atom stereocenters. The fourth-order valence-corrected chi connectivity index (χ4v) is 2.58. The molecule has 1 aromatic carbocycles. The molecule has 96 valence electrons. The number of ether oxygens (including phenoxy) is 1. The molecule has 0 aliphatic carbocycles. The topological polar surface area (TPSA) is 21.3 Å². The van der Waals surface area contributed by atoms with Gasteiger partial charge in [0.25, 0.3) is 0 Å². The van der Waals surface area contributed by atoms with Crippen molar-refractivity contribution in [3.63, 3.8) is 0 Å². The van der Waals surface area contributed by atoms with Gasteiger partial charge in [0.1, 0.15) is 5.75 Å². The molecule has 0 saturated carbocycles. The fourth-order valence-electron chi connectivity index (χ4n) is 2.58. The maximum Gasteiger partial charge on any atom is 0.122 e. The highest BCUT2D eigenvalue weighted by molar-refractivity contribution is 5.35. The monoisotopic (exact) mass is 243 g/mol. The van der Waals surface area contributed by atoms with Gasteiger partial charge in [-0.1, -0.05) is 18.2 Å². The maximum atomic E-state index is 5.85. The van der Waals surface area contributed by atoms with E-state index in [0.29, 0.717) is 12.0 Å². The quantitative estimate of drug-likeness (QED) is 0.821. The average Bonchev–Trinajstić information content (AvgIpc) is 2.43. The fraction of sp³-hybridized carbons (Fsp3) is 0.500. The molecule has 2 nitrogen and oxygen atoms in total. The first-order valence-electron chi connectivity index (χ1n) is 6.62. The van der Waals surface area contributed by atoms with Crippen LogP contribution in [-0.2, 0) is 6.42 Å². The highest BCUT2D eigenvalue weighted by atomic mass is 16.5. The molecule has 1 aliphatic rings. The van der Waals surface area contributed by atoms with E-state index in [2.05, 4.69) is 35.4 Å². The van der Waals surface area contributed by atoms with Gasteiger partial charge < -0.3 is 10.1 Å². The zero-order valence-corrected chi connectivity index (χ0v) is 11.2. The highest BCUT2D eigenvalue weighted by Crippen LogP contribution is 2.29. The Kier molecular flexibility index (Phi) is 4.66. The molecule has 2 atom stereocenters. The van der Waals surface area contributed by atoms with Gasteiger partial charge in [-0.3, -0.25) is 0 Å². The van der Waals surface area contributed by atoms with Crippen LogP contribution in [0.15, 0.2) is 24.3 Å². The molecule has 18 heavy (non-hydrogen) atoms. The number of rotatable bonds is 4. The molecule has 1 aliphatic heterocycles. The van der Waals surface area contributed by atoms with Gasteiger partial charge in [-0.15, -0.1) is 11.8 Å². The molecular formula is C16H21NO. The smallest absolute Gasteiger partial charge is 0.122 e. The highest BCUT2D eigenvalue weighted by Gasteiger charge is 2.25. The summed E-state index contributed by atoms with van der Waals surface area (Å²) < 4.78 is 5.85. The van der Waals surface area contributed by atoms with Crippen LogP contribution < -0.4 is 10.1 Å². The molecule has 0 saturated heterocycles. The van der Waals surface area contributed by atoms with Crippen LogP contribution in [0.5, 0.6) is 5.75 Å². The summed E-state index contributed by atoms with van der Waals surface area (Å²) >= 11 is 0. The van der Waals surface area contributed by atoms with Gasteiger partial charge in [-0.2, -0.15) is 0 Å². The van der Waals surface area contributed by atoms with E-state index < -0.39 is 0 Å². The molecule has 2 heteroatoms. The van der Waals surface area contributed by atoms with Gasteiger partial charge in [-0.05, 0) is 38.4 Å². The maximum absolute atomic E-state index is 5.85. The van der Waals surface area contributed by atoms with E-state index in [0.717, 1.165) is 31.6 Å². The van der Waals surface area contributed by atoms with Crippen molar-refractivity contribution in [3.8, 4) is 17.6 Å². The van der Waals surface area contributed by atoms with Crippen molar-refractivity contribution in [1.82, 2.24) is 5.32 Å². The molecule has 0 aromatic heterocycles. The Hall–Kier alpha value is -1.46. The Morgan fingerprint density at radius 1 is 1.44 bits per heavy atom. The minimum Gasteiger partial charge on any atom is -0.493 e. The van der Waals surface area contributed by atoms with Gasteiger partial charge in [-0.25, -0.2) is 0 Å². The van der Waals surface area contributed by atoms with Gasteiger partial charge >= 0.3 is 0 Å². The lowest BCUT2D eigenvalue weighted by molar-refractivity contribution is 0.184. The number of benzene rings is 1. The van der Waals surface area contributed by atoms with Crippen molar-refractivity contribution in [2.75, 3.05) is 13.7 Å². The minimum atomic E-state index is 0.485. The third-order valence-corrected chi connectivity index (χ3v) is 3.60. The van der Waals surface area contributed by atoms with Crippen LogP contribution in [0, 0.1) is 17.8 Å². The van der Waals surface area contributed by atoms with Crippen LogP contribution in [0.4, 0.5) is 0 Å². The molecule has 1 heterocycles. The Balaban J connectivity index is 1.99. The largest absolute Gasteiger partial charge is 0.493 e. The van der Waals surface area contributed by atoms with E-state index in [9.17, 15) is 0 Å². The number of nitrogens with one attached hydrogen (secondary N) is 1. The summed E-state index contributed by atoms with van der Waals surface area (Å²) in [6.45, 7) is 2.70. The molecule has 0 fully saturated rings. The van der Waals surface area contributed by atoms with Crippen molar-refractivity contribution in [1.29, 1.82) is 0 Å². The van der Waals surface area contributed by atoms with Crippen molar-refractivity contribution in [3.05, 3.63) is 29.8 Å². The summed E-state index contributed by atoms with van der Waals surface area (Å²) in [4.78, 5) is 0. The third-order valence-electron chi connectivity index (χ3n) is 3.60. The van der Waals surface area contributed by atoms with Gasteiger partial charge in [0, 0.05) is 18.4 Å². The van der Waals surface area contributed by atoms with Crippen LogP contribution in [0.2, 0.25) is 0 Å². The first kappa shape index (κ1) is 13.0. The Morgan fingerprint density at radius 3 is 3.06 bits per heavy atom.